The van der Waals surface area contributed by atoms with Crippen molar-refractivity contribution in [3.8, 4) is 0 Å². The van der Waals surface area contributed by atoms with Gasteiger partial charge in [-0.2, -0.15) is 0 Å². The Hall–Kier alpha value is -1.80. The lowest BCUT2D eigenvalue weighted by Crippen LogP contribution is -2.47. The van der Waals surface area contributed by atoms with Crippen molar-refractivity contribution < 1.29 is 17.9 Å². The minimum absolute atomic E-state index is 0.0748. The van der Waals surface area contributed by atoms with E-state index in [9.17, 15) is 13.2 Å². The predicted molar refractivity (Wildman–Crippen MR) is 105 cm³/mol. The van der Waals surface area contributed by atoms with E-state index in [1.54, 1.807) is 23.1 Å². The molecule has 2 aromatic rings. The third-order valence-corrected chi connectivity index (χ3v) is 6.46. The minimum atomic E-state index is -4.00. The Morgan fingerprint density at radius 1 is 1.07 bits per heavy atom. The normalized spacial score (nSPS) is 14.8. The average molecular weight is 429 g/mol. The van der Waals surface area contributed by atoms with Crippen LogP contribution in [0.1, 0.15) is 0 Å². The molecule has 9 heteroatoms. The Morgan fingerprint density at radius 3 is 2.37 bits per heavy atom. The maximum atomic E-state index is 13.2. The van der Waals surface area contributed by atoms with Gasteiger partial charge in [-0.05, 0) is 30.3 Å². The fraction of sp³-hybridized carbons (Fsp3) is 0.278. The number of benzene rings is 2. The zero-order chi connectivity index (χ0) is 19.4. The van der Waals surface area contributed by atoms with Crippen LogP contribution in [-0.2, 0) is 19.6 Å². The Morgan fingerprint density at radius 2 is 1.74 bits per heavy atom. The number of ether oxygens (including phenoxy) is 1. The molecule has 1 aliphatic heterocycles. The number of nitrogens with zero attached hydrogens (tertiary/aromatic N) is 2. The molecule has 6 nitrogen and oxygen atoms in total. The molecule has 1 saturated heterocycles. The van der Waals surface area contributed by atoms with Crippen molar-refractivity contribution in [2.24, 2.45) is 0 Å². The molecule has 0 aromatic heterocycles. The van der Waals surface area contributed by atoms with Crippen molar-refractivity contribution in [2.45, 2.75) is 4.90 Å². The molecular formula is C18H18Cl2N2O4S. The van der Waals surface area contributed by atoms with Crippen LogP contribution in [0.25, 0.3) is 0 Å². The number of carbonyl (C=O) groups is 1. The van der Waals surface area contributed by atoms with Gasteiger partial charge in [-0.15, -0.1) is 0 Å². The van der Waals surface area contributed by atoms with Gasteiger partial charge in [0.25, 0.3) is 10.0 Å². The van der Waals surface area contributed by atoms with E-state index in [4.69, 9.17) is 27.9 Å². The van der Waals surface area contributed by atoms with Crippen LogP contribution in [0.15, 0.2) is 53.4 Å². The van der Waals surface area contributed by atoms with Gasteiger partial charge >= 0.3 is 0 Å². The molecule has 144 valence electrons. The minimum Gasteiger partial charge on any atom is -0.378 e. The third-order valence-electron chi connectivity index (χ3n) is 4.15. The molecule has 27 heavy (non-hydrogen) atoms. The monoisotopic (exact) mass is 428 g/mol. The molecule has 0 radical (unpaired) electrons. The van der Waals surface area contributed by atoms with Crippen LogP contribution in [-0.4, -0.2) is 52.1 Å². The van der Waals surface area contributed by atoms with Crippen molar-refractivity contribution in [1.82, 2.24) is 4.90 Å². The molecule has 1 heterocycles. The van der Waals surface area contributed by atoms with Gasteiger partial charge in [0.1, 0.15) is 6.54 Å². The number of sulfonamides is 1. The van der Waals surface area contributed by atoms with E-state index in [1.807, 2.05) is 0 Å². The van der Waals surface area contributed by atoms with E-state index in [0.717, 1.165) is 4.31 Å². The number of hydrogen-bond acceptors (Lipinski definition) is 4. The standard InChI is InChI=1S/C18H18Cl2N2O4S/c19-14-6-7-17(16(20)12-14)22(13-18(23)21-8-10-26-11-9-21)27(24,25)15-4-2-1-3-5-15/h1-7,12H,8-11,13H2. The Kier molecular flexibility index (Phi) is 6.26. The number of carbonyl (C=O) groups excluding carboxylic acids is 1. The lowest BCUT2D eigenvalue weighted by molar-refractivity contribution is -0.133. The van der Waals surface area contributed by atoms with Gasteiger partial charge in [0, 0.05) is 18.1 Å². The quantitative estimate of drug-likeness (QED) is 0.733. The van der Waals surface area contributed by atoms with Crippen LogP contribution in [0.5, 0.6) is 0 Å². The molecule has 2 aromatic carbocycles. The summed E-state index contributed by atoms with van der Waals surface area (Å²) in [6.45, 7) is 1.34. The lowest BCUT2D eigenvalue weighted by Gasteiger charge is -2.31. The largest absolute Gasteiger partial charge is 0.378 e. The Balaban J connectivity index is 1.99. The number of anilines is 1. The number of morpholine rings is 1. The topological polar surface area (TPSA) is 66.9 Å². The van der Waals surface area contributed by atoms with Gasteiger partial charge in [-0.25, -0.2) is 8.42 Å². The summed E-state index contributed by atoms with van der Waals surface area (Å²) < 4.78 is 32.7. The molecule has 0 atom stereocenters. The molecule has 0 spiro atoms. The van der Waals surface area contributed by atoms with Crippen LogP contribution in [0, 0.1) is 0 Å². The summed E-state index contributed by atoms with van der Waals surface area (Å²) in [7, 11) is -4.00. The first-order valence-corrected chi connectivity index (χ1v) is 10.5. The second-order valence-corrected chi connectivity index (χ2v) is 8.62. The summed E-state index contributed by atoms with van der Waals surface area (Å²) >= 11 is 12.2. The molecule has 0 unspecified atom stereocenters. The molecule has 0 aliphatic carbocycles. The second-order valence-electron chi connectivity index (χ2n) is 5.91. The van der Waals surface area contributed by atoms with E-state index in [2.05, 4.69) is 0 Å². The number of rotatable bonds is 5. The van der Waals surface area contributed by atoms with E-state index in [-0.39, 0.29) is 28.1 Å². The maximum absolute atomic E-state index is 13.2. The summed E-state index contributed by atoms with van der Waals surface area (Å²) in [6.07, 6.45) is 0. The third kappa shape index (κ3) is 4.55. The molecular weight excluding hydrogens is 411 g/mol. The van der Waals surface area contributed by atoms with Gasteiger partial charge in [0.15, 0.2) is 0 Å². The van der Waals surface area contributed by atoms with Gasteiger partial charge in [-0.3, -0.25) is 9.10 Å². The highest BCUT2D eigenvalue weighted by Gasteiger charge is 2.30. The predicted octanol–water partition coefficient (Wildman–Crippen LogP) is 3.05. The first-order chi connectivity index (χ1) is 12.9. The summed E-state index contributed by atoms with van der Waals surface area (Å²) in [5.41, 5.74) is 0.200. The maximum Gasteiger partial charge on any atom is 0.264 e. The molecule has 0 N–H and O–H groups in total. The number of amides is 1. The van der Waals surface area contributed by atoms with Gasteiger partial charge < -0.3 is 9.64 Å². The van der Waals surface area contributed by atoms with Crippen molar-refractivity contribution >= 4 is 44.8 Å². The van der Waals surface area contributed by atoms with E-state index < -0.39 is 10.0 Å². The van der Waals surface area contributed by atoms with Crippen LogP contribution in [0.3, 0.4) is 0 Å². The average Bonchev–Trinajstić information content (AvgIpc) is 2.68. The summed E-state index contributed by atoms with van der Waals surface area (Å²) in [5, 5.41) is 0.525. The fourth-order valence-corrected chi connectivity index (χ4v) is 4.75. The Labute approximate surface area is 168 Å². The van der Waals surface area contributed by atoms with Crippen molar-refractivity contribution in [3.63, 3.8) is 0 Å². The number of hydrogen-bond donors (Lipinski definition) is 0. The van der Waals surface area contributed by atoms with Crippen molar-refractivity contribution in [3.05, 3.63) is 58.6 Å². The van der Waals surface area contributed by atoms with Crippen LogP contribution >= 0.6 is 23.2 Å². The molecule has 0 bridgehead atoms. The summed E-state index contributed by atoms with van der Waals surface area (Å²) in [4.78, 5) is 14.4. The molecule has 1 fully saturated rings. The Bertz CT molecular complexity index is 916. The molecule has 1 amide bonds. The molecule has 0 saturated carbocycles. The second kappa shape index (κ2) is 8.48. The SMILES string of the molecule is O=C(CN(c1ccc(Cl)cc1Cl)S(=O)(=O)c1ccccc1)N1CCOCC1. The van der Waals surface area contributed by atoms with Crippen molar-refractivity contribution in [2.75, 3.05) is 37.2 Å². The van der Waals surface area contributed by atoms with Crippen LogP contribution in [0.2, 0.25) is 10.0 Å². The van der Waals surface area contributed by atoms with Crippen LogP contribution < -0.4 is 4.31 Å². The summed E-state index contributed by atoms with van der Waals surface area (Å²) in [5.74, 6) is -0.316. The van der Waals surface area contributed by atoms with Gasteiger partial charge in [-0.1, -0.05) is 41.4 Å². The van der Waals surface area contributed by atoms with E-state index >= 15 is 0 Å². The van der Waals surface area contributed by atoms with Gasteiger partial charge in [0.2, 0.25) is 5.91 Å². The lowest BCUT2D eigenvalue weighted by atomic mass is 10.3. The van der Waals surface area contributed by atoms with E-state index in [1.165, 1.54) is 30.3 Å². The van der Waals surface area contributed by atoms with Crippen molar-refractivity contribution in [1.29, 1.82) is 0 Å². The zero-order valence-electron chi connectivity index (χ0n) is 14.3. The van der Waals surface area contributed by atoms with E-state index in [0.29, 0.717) is 31.3 Å². The van der Waals surface area contributed by atoms with Gasteiger partial charge in [0.05, 0.1) is 28.8 Å². The summed E-state index contributed by atoms with van der Waals surface area (Å²) in [6, 6.07) is 12.4. The highest BCUT2D eigenvalue weighted by molar-refractivity contribution is 7.92. The highest BCUT2D eigenvalue weighted by Crippen LogP contribution is 2.32. The number of halogens is 2. The fourth-order valence-electron chi connectivity index (χ4n) is 2.74. The molecule has 3 rings (SSSR count). The van der Waals surface area contributed by atoms with Crippen LogP contribution in [0.4, 0.5) is 5.69 Å². The molecule has 1 aliphatic rings. The first kappa shape index (κ1) is 19.9. The smallest absolute Gasteiger partial charge is 0.264 e. The first-order valence-electron chi connectivity index (χ1n) is 8.28. The highest BCUT2D eigenvalue weighted by atomic mass is 35.5. The zero-order valence-corrected chi connectivity index (χ0v) is 16.7.